The van der Waals surface area contributed by atoms with Crippen LogP contribution in [0.1, 0.15) is 75.8 Å². The Morgan fingerprint density at radius 1 is 0.951 bits per heavy atom. The van der Waals surface area contributed by atoms with Crippen LogP contribution in [0.25, 0.3) is 0 Å². The van der Waals surface area contributed by atoms with E-state index in [1.54, 1.807) is 11.9 Å². The van der Waals surface area contributed by atoms with Gasteiger partial charge in [-0.15, -0.1) is 0 Å². The van der Waals surface area contributed by atoms with E-state index in [2.05, 4.69) is 5.32 Å². The number of nitrogens with zero attached hydrogens (tertiary/aromatic N) is 2. The van der Waals surface area contributed by atoms with Gasteiger partial charge in [0.15, 0.2) is 5.60 Å². The first-order chi connectivity index (χ1) is 18.9. The summed E-state index contributed by atoms with van der Waals surface area (Å²) in [6.45, 7) is 1.80. The normalized spacial score (nSPS) is 14.1. The van der Waals surface area contributed by atoms with Crippen molar-refractivity contribution < 1.29 is 45.0 Å². The third-order valence-electron chi connectivity index (χ3n) is 6.29. The number of thioether (sulfide) groups is 1. The Morgan fingerprint density at radius 3 is 2.07 bits per heavy atom. The Labute approximate surface area is 239 Å². The predicted octanol–water partition coefficient (Wildman–Crippen LogP) is 7.64. The zero-order valence-corrected chi connectivity index (χ0v) is 23.9. The number of hydrogen-bond acceptors (Lipinski definition) is 5. The van der Waals surface area contributed by atoms with E-state index in [1.807, 2.05) is 0 Å². The molecular formula is C27H37F8N3O2S. The lowest BCUT2D eigenvalue weighted by Crippen LogP contribution is -2.48. The van der Waals surface area contributed by atoms with Crippen LogP contribution in [-0.4, -0.2) is 65.3 Å². The molecule has 0 spiro atoms. The third-order valence-corrected chi connectivity index (χ3v) is 7.45. The van der Waals surface area contributed by atoms with Gasteiger partial charge in [0.2, 0.25) is 0 Å². The van der Waals surface area contributed by atoms with Gasteiger partial charge < -0.3 is 15.3 Å². The van der Waals surface area contributed by atoms with E-state index in [0.29, 0.717) is 18.4 Å². The Hall–Kier alpha value is -2.11. The smallest absolute Gasteiger partial charge is 0.379 e. The van der Waals surface area contributed by atoms with E-state index in [9.17, 15) is 45.0 Å². The fourth-order valence-electron chi connectivity index (χ4n) is 4.01. The van der Waals surface area contributed by atoms with E-state index < -0.39 is 47.3 Å². The highest BCUT2D eigenvalue weighted by molar-refractivity contribution is 7.99. The quantitative estimate of drug-likeness (QED) is 0.131. The van der Waals surface area contributed by atoms with E-state index in [4.69, 9.17) is 5.26 Å². The van der Waals surface area contributed by atoms with E-state index in [1.165, 1.54) is 24.8 Å². The second-order valence-corrected chi connectivity index (χ2v) is 11.5. The second kappa shape index (κ2) is 16.5. The number of halogens is 8. The molecule has 234 valence electrons. The summed E-state index contributed by atoms with van der Waals surface area (Å²) in [6.07, 6.45) is -5.21. The molecule has 0 saturated heterocycles. The lowest BCUT2D eigenvalue weighted by molar-refractivity contribution is -0.284. The van der Waals surface area contributed by atoms with Crippen LogP contribution in [-0.2, 0) is 11.0 Å². The molecule has 41 heavy (non-hydrogen) atoms. The molecule has 1 rings (SSSR count). The second-order valence-electron chi connectivity index (χ2n) is 10.2. The van der Waals surface area contributed by atoms with Gasteiger partial charge in [-0.05, 0) is 69.5 Å². The summed E-state index contributed by atoms with van der Waals surface area (Å²) < 4.78 is 101. The zero-order chi connectivity index (χ0) is 31.3. The summed E-state index contributed by atoms with van der Waals surface area (Å²) in [5.41, 5.74) is -3.82. The molecular weight excluding hydrogens is 582 g/mol. The van der Waals surface area contributed by atoms with Crippen LogP contribution in [0.4, 0.5) is 40.8 Å². The summed E-state index contributed by atoms with van der Waals surface area (Å²) in [5.74, 6) is -4.53. The first-order valence-electron chi connectivity index (χ1n) is 13.3. The number of anilines is 1. The molecule has 0 aliphatic rings. The number of benzene rings is 1. The number of unbranched alkanes of at least 4 members (excludes halogenated alkanes) is 6. The molecule has 2 N–H and O–H groups in total. The number of likely N-dealkylation sites (N-methyl/N-ethyl adjacent to an activating group) is 1. The molecule has 0 saturated carbocycles. The first-order valence-corrected chi connectivity index (χ1v) is 14.4. The zero-order valence-electron chi connectivity index (χ0n) is 23.1. The SMILES string of the molecule is CN(CCCCCCCCCSCCCC(F)(F)C(F)(F)F)CC(C)(O)C(=O)Nc1ccc(C#N)c(C(F)(F)F)c1. The number of rotatable bonds is 18. The maximum atomic E-state index is 13.2. The van der Waals surface area contributed by atoms with Crippen molar-refractivity contribution in [2.45, 2.75) is 88.6 Å². The topological polar surface area (TPSA) is 76.4 Å². The van der Waals surface area contributed by atoms with Crippen molar-refractivity contribution >= 4 is 23.4 Å². The minimum Gasteiger partial charge on any atom is -0.379 e. The van der Waals surface area contributed by atoms with Crippen LogP contribution < -0.4 is 5.32 Å². The number of amides is 1. The average Bonchev–Trinajstić information content (AvgIpc) is 2.85. The van der Waals surface area contributed by atoms with Gasteiger partial charge in [0.05, 0.1) is 17.2 Å². The number of alkyl halides is 8. The van der Waals surface area contributed by atoms with Gasteiger partial charge in [-0.3, -0.25) is 4.79 Å². The Bertz CT molecular complexity index is 994. The molecule has 0 bridgehead atoms. The molecule has 14 heteroatoms. The largest absolute Gasteiger partial charge is 0.453 e. The van der Waals surface area contributed by atoms with Gasteiger partial charge in [-0.2, -0.15) is 52.1 Å². The van der Waals surface area contributed by atoms with Gasteiger partial charge in [0.25, 0.3) is 5.91 Å². The van der Waals surface area contributed by atoms with Crippen molar-refractivity contribution in [3.63, 3.8) is 0 Å². The Kier molecular flexibility index (Phi) is 14.9. The fraction of sp³-hybridized carbons (Fsp3) is 0.704. The molecule has 0 aliphatic heterocycles. The highest BCUT2D eigenvalue weighted by Crippen LogP contribution is 2.39. The van der Waals surface area contributed by atoms with Crippen molar-refractivity contribution in [3.8, 4) is 6.07 Å². The molecule has 0 aromatic heterocycles. The van der Waals surface area contributed by atoms with Crippen LogP contribution >= 0.6 is 11.8 Å². The summed E-state index contributed by atoms with van der Waals surface area (Å²) in [5, 5.41) is 21.8. The first kappa shape index (κ1) is 36.9. The van der Waals surface area contributed by atoms with Crippen molar-refractivity contribution in [2.75, 3.05) is 37.0 Å². The van der Waals surface area contributed by atoms with E-state index in [0.717, 1.165) is 57.1 Å². The molecule has 1 atom stereocenters. The summed E-state index contributed by atoms with van der Waals surface area (Å²) >= 11 is 1.38. The van der Waals surface area contributed by atoms with Crippen molar-refractivity contribution in [1.29, 1.82) is 5.26 Å². The molecule has 5 nitrogen and oxygen atoms in total. The van der Waals surface area contributed by atoms with Gasteiger partial charge in [-0.1, -0.05) is 32.1 Å². The monoisotopic (exact) mass is 619 g/mol. The average molecular weight is 620 g/mol. The third kappa shape index (κ3) is 13.6. The maximum Gasteiger partial charge on any atom is 0.453 e. The molecule has 0 heterocycles. The number of carbonyl (C=O) groups excluding carboxylic acids is 1. The highest BCUT2D eigenvalue weighted by Gasteiger charge is 2.56. The van der Waals surface area contributed by atoms with Crippen LogP contribution in [0.15, 0.2) is 18.2 Å². The van der Waals surface area contributed by atoms with Gasteiger partial charge in [0, 0.05) is 18.7 Å². The van der Waals surface area contributed by atoms with Crippen LogP contribution in [0, 0.1) is 11.3 Å². The summed E-state index contributed by atoms with van der Waals surface area (Å²) in [7, 11) is 1.72. The highest BCUT2D eigenvalue weighted by atomic mass is 32.2. The summed E-state index contributed by atoms with van der Waals surface area (Å²) in [6, 6.07) is 4.23. The molecule has 1 amide bonds. The minimum atomic E-state index is -5.49. The van der Waals surface area contributed by atoms with Gasteiger partial charge in [0.1, 0.15) is 0 Å². The maximum absolute atomic E-state index is 13.2. The fourth-order valence-corrected chi connectivity index (χ4v) is 4.97. The number of nitriles is 1. The number of nitrogens with one attached hydrogen (secondary N) is 1. The van der Waals surface area contributed by atoms with Crippen LogP contribution in [0.3, 0.4) is 0 Å². The van der Waals surface area contributed by atoms with Gasteiger partial charge in [-0.25, -0.2) is 0 Å². The van der Waals surface area contributed by atoms with Gasteiger partial charge >= 0.3 is 18.3 Å². The molecule has 1 aromatic carbocycles. The molecule has 0 aliphatic carbocycles. The molecule has 0 radical (unpaired) electrons. The van der Waals surface area contributed by atoms with Crippen LogP contribution in [0.2, 0.25) is 0 Å². The van der Waals surface area contributed by atoms with Crippen molar-refractivity contribution in [2.24, 2.45) is 0 Å². The predicted molar refractivity (Wildman–Crippen MR) is 143 cm³/mol. The molecule has 1 aromatic rings. The molecule has 0 fully saturated rings. The molecule has 1 unspecified atom stereocenters. The Balaban J connectivity index is 2.21. The minimum absolute atomic E-state index is 0.0489. The Morgan fingerprint density at radius 2 is 1.51 bits per heavy atom. The van der Waals surface area contributed by atoms with E-state index >= 15 is 0 Å². The number of carbonyl (C=O) groups is 1. The lowest BCUT2D eigenvalue weighted by Gasteiger charge is -2.28. The van der Waals surface area contributed by atoms with Crippen LogP contribution in [0.5, 0.6) is 0 Å². The van der Waals surface area contributed by atoms with E-state index in [-0.39, 0.29) is 24.4 Å². The summed E-state index contributed by atoms with van der Waals surface area (Å²) in [4.78, 5) is 14.3. The van der Waals surface area contributed by atoms with Crippen molar-refractivity contribution in [1.82, 2.24) is 4.90 Å². The number of aliphatic hydroxyl groups is 1. The van der Waals surface area contributed by atoms with Crippen molar-refractivity contribution in [3.05, 3.63) is 29.3 Å². The lowest BCUT2D eigenvalue weighted by atomic mass is 10.0. The standard InChI is InChI=1S/C27H37F8N3O2S/c1-24(40,23(39)37-21-12-11-20(18-36)22(17-21)26(30,31)32)19-38(2)14-8-6-4-3-5-7-9-15-41-16-10-13-25(28,29)27(33,34)35/h11-12,17,40H,3-10,13-16,19H2,1-2H3,(H,37,39). The number of hydrogen-bond donors (Lipinski definition) is 2.